The minimum atomic E-state index is -0.334. The van der Waals surface area contributed by atoms with Crippen LogP contribution in [0.4, 0.5) is 4.39 Å². The SMILES string of the molecule is Fc1ccc(Cl)c(C#CCCCl)c1. The molecule has 0 amide bonds. The molecule has 0 heterocycles. The van der Waals surface area contributed by atoms with E-state index in [0.29, 0.717) is 22.9 Å². The summed E-state index contributed by atoms with van der Waals surface area (Å²) in [5.74, 6) is 5.67. The van der Waals surface area contributed by atoms with Gasteiger partial charge in [-0.15, -0.1) is 11.6 Å². The largest absolute Gasteiger partial charge is 0.207 e. The predicted octanol–water partition coefficient (Wildman–Crippen LogP) is 3.46. The van der Waals surface area contributed by atoms with Crippen LogP contribution in [0, 0.1) is 17.7 Å². The fourth-order valence-electron chi connectivity index (χ4n) is 0.798. The maximum Gasteiger partial charge on any atom is 0.124 e. The maximum absolute atomic E-state index is 12.7. The zero-order chi connectivity index (χ0) is 9.68. The van der Waals surface area contributed by atoms with Gasteiger partial charge in [0, 0.05) is 17.9 Å². The highest BCUT2D eigenvalue weighted by molar-refractivity contribution is 6.31. The van der Waals surface area contributed by atoms with Gasteiger partial charge in [-0.1, -0.05) is 23.4 Å². The molecule has 0 aliphatic rings. The Bertz CT molecular complexity index is 350. The molecule has 0 spiro atoms. The molecule has 0 aliphatic carbocycles. The monoisotopic (exact) mass is 216 g/mol. The molecule has 0 atom stereocenters. The van der Waals surface area contributed by atoms with Crippen molar-refractivity contribution in [3.8, 4) is 11.8 Å². The fourth-order valence-corrected chi connectivity index (χ4v) is 1.06. The first-order valence-corrected chi connectivity index (χ1v) is 4.65. The van der Waals surface area contributed by atoms with Crippen molar-refractivity contribution in [1.29, 1.82) is 0 Å². The average Bonchev–Trinajstić information content (AvgIpc) is 2.11. The standard InChI is InChI=1S/C10H7Cl2F/c11-6-2-1-3-8-7-9(13)4-5-10(8)12/h4-5,7H,2,6H2. The average molecular weight is 217 g/mol. The van der Waals surface area contributed by atoms with E-state index in [1.807, 2.05) is 0 Å². The van der Waals surface area contributed by atoms with Crippen LogP contribution in [0.25, 0.3) is 0 Å². The minimum Gasteiger partial charge on any atom is -0.207 e. The molecule has 1 aromatic carbocycles. The van der Waals surface area contributed by atoms with E-state index in [2.05, 4.69) is 11.8 Å². The summed E-state index contributed by atoms with van der Waals surface area (Å²) in [5.41, 5.74) is 0.506. The van der Waals surface area contributed by atoms with Crippen LogP contribution in [0.15, 0.2) is 18.2 Å². The smallest absolute Gasteiger partial charge is 0.124 e. The molecule has 1 aromatic rings. The molecule has 0 saturated heterocycles. The van der Waals surface area contributed by atoms with Crippen molar-refractivity contribution in [2.45, 2.75) is 6.42 Å². The molecule has 0 bridgehead atoms. The number of alkyl halides is 1. The van der Waals surface area contributed by atoms with Crippen LogP contribution in [-0.4, -0.2) is 5.88 Å². The lowest BCUT2D eigenvalue weighted by Crippen LogP contribution is -1.80. The Kier molecular flexibility index (Phi) is 4.08. The molecule has 0 N–H and O–H groups in total. The van der Waals surface area contributed by atoms with Gasteiger partial charge < -0.3 is 0 Å². The first-order valence-electron chi connectivity index (χ1n) is 3.74. The van der Waals surface area contributed by atoms with Crippen molar-refractivity contribution in [2.75, 3.05) is 5.88 Å². The van der Waals surface area contributed by atoms with Crippen molar-refractivity contribution >= 4 is 23.2 Å². The highest BCUT2D eigenvalue weighted by Crippen LogP contribution is 2.15. The summed E-state index contributed by atoms with van der Waals surface area (Å²) in [5, 5.41) is 0.462. The van der Waals surface area contributed by atoms with E-state index in [9.17, 15) is 4.39 Å². The van der Waals surface area contributed by atoms with Gasteiger partial charge in [-0.25, -0.2) is 4.39 Å². The summed E-state index contributed by atoms with van der Waals surface area (Å²) in [6.45, 7) is 0. The Labute approximate surface area is 86.7 Å². The maximum atomic E-state index is 12.7. The molecule has 3 heteroatoms. The zero-order valence-electron chi connectivity index (χ0n) is 6.78. The lowest BCUT2D eigenvalue weighted by Gasteiger charge is -1.94. The Morgan fingerprint density at radius 2 is 2.15 bits per heavy atom. The molecule has 0 nitrogen and oxygen atoms in total. The predicted molar refractivity (Wildman–Crippen MR) is 53.6 cm³/mol. The second-order valence-corrected chi connectivity index (χ2v) is 3.15. The normalized spacial score (nSPS) is 9.15. The van der Waals surface area contributed by atoms with E-state index < -0.39 is 0 Å². The van der Waals surface area contributed by atoms with E-state index in [0.717, 1.165) is 0 Å². The Hall–Kier alpha value is -0.710. The number of hydrogen-bond acceptors (Lipinski definition) is 0. The van der Waals surface area contributed by atoms with Crippen LogP contribution in [0.3, 0.4) is 0 Å². The molecule has 68 valence electrons. The van der Waals surface area contributed by atoms with E-state index in [4.69, 9.17) is 23.2 Å². The zero-order valence-corrected chi connectivity index (χ0v) is 8.29. The molecule has 0 radical (unpaired) electrons. The van der Waals surface area contributed by atoms with Crippen LogP contribution >= 0.6 is 23.2 Å². The van der Waals surface area contributed by atoms with Crippen LogP contribution < -0.4 is 0 Å². The summed E-state index contributed by atoms with van der Waals surface area (Å²) >= 11 is 11.2. The van der Waals surface area contributed by atoms with Gasteiger partial charge in [0.2, 0.25) is 0 Å². The van der Waals surface area contributed by atoms with Gasteiger partial charge in [-0.2, -0.15) is 0 Å². The van der Waals surface area contributed by atoms with E-state index in [1.165, 1.54) is 18.2 Å². The number of rotatable bonds is 1. The van der Waals surface area contributed by atoms with Gasteiger partial charge in [0.1, 0.15) is 5.82 Å². The lowest BCUT2D eigenvalue weighted by atomic mass is 10.2. The van der Waals surface area contributed by atoms with Crippen LogP contribution in [0.2, 0.25) is 5.02 Å². The van der Waals surface area contributed by atoms with Gasteiger partial charge in [0.05, 0.1) is 5.02 Å². The molecule has 13 heavy (non-hydrogen) atoms. The van der Waals surface area contributed by atoms with Crippen molar-refractivity contribution in [1.82, 2.24) is 0 Å². The first kappa shape index (κ1) is 10.4. The molecule has 0 aromatic heterocycles. The minimum absolute atomic E-state index is 0.334. The van der Waals surface area contributed by atoms with E-state index in [1.54, 1.807) is 0 Å². The highest BCUT2D eigenvalue weighted by Gasteiger charge is 1.97. The van der Waals surface area contributed by atoms with E-state index in [-0.39, 0.29) is 5.82 Å². The Morgan fingerprint density at radius 3 is 2.85 bits per heavy atom. The van der Waals surface area contributed by atoms with Crippen LogP contribution in [0.1, 0.15) is 12.0 Å². The summed E-state index contributed by atoms with van der Waals surface area (Å²) in [6, 6.07) is 4.10. The number of benzene rings is 1. The third-order valence-corrected chi connectivity index (χ3v) is 1.89. The van der Waals surface area contributed by atoms with Crippen LogP contribution in [-0.2, 0) is 0 Å². The Morgan fingerprint density at radius 1 is 1.38 bits per heavy atom. The molecule has 0 aliphatic heterocycles. The third kappa shape index (κ3) is 3.26. The molecular formula is C10H7Cl2F. The van der Waals surface area contributed by atoms with Gasteiger partial charge in [0.25, 0.3) is 0 Å². The highest BCUT2D eigenvalue weighted by atomic mass is 35.5. The summed E-state index contributed by atoms with van der Waals surface area (Å²) in [6.07, 6.45) is 0.578. The van der Waals surface area contributed by atoms with Crippen molar-refractivity contribution in [3.05, 3.63) is 34.6 Å². The van der Waals surface area contributed by atoms with Crippen molar-refractivity contribution in [2.24, 2.45) is 0 Å². The second-order valence-electron chi connectivity index (χ2n) is 2.36. The van der Waals surface area contributed by atoms with Crippen molar-refractivity contribution in [3.63, 3.8) is 0 Å². The van der Waals surface area contributed by atoms with E-state index >= 15 is 0 Å². The first-order chi connectivity index (χ1) is 6.24. The van der Waals surface area contributed by atoms with Crippen LogP contribution in [0.5, 0.6) is 0 Å². The molecule has 0 saturated carbocycles. The topological polar surface area (TPSA) is 0 Å². The van der Waals surface area contributed by atoms with Gasteiger partial charge in [-0.05, 0) is 18.2 Å². The summed E-state index contributed by atoms with van der Waals surface area (Å²) in [4.78, 5) is 0. The molecule has 1 rings (SSSR count). The van der Waals surface area contributed by atoms with Gasteiger partial charge in [0.15, 0.2) is 0 Å². The Balaban J connectivity index is 2.89. The summed E-state index contributed by atoms with van der Waals surface area (Å²) in [7, 11) is 0. The third-order valence-electron chi connectivity index (χ3n) is 1.37. The molecular weight excluding hydrogens is 210 g/mol. The summed E-state index contributed by atoms with van der Waals surface area (Å²) < 4.78 is 12.7. The number of hydrogen-bond donors (Lipinski definition) is 0. The number of halogens is 3. The second kappa shape index (κ2) is 5.11. The lowest BCUT2D eigenvalue weighted by molar-refractivity contribution is 0.627. The quantitative estimate of drug-likeness (QED) is 0.499. The fraction of sp³-hybridized carbons (Fsp3) is 0.200. The molecule has 0 fully saturated rings. The van der Waals surface area contributed by atoms with Gasteiger partial charge >= 0.3 is 0 Å². The molecule has 0 unspecified atom stereocenters. The van der Waals surface area contributed by atoms with Crippen molar-refractivity contribution < 1.29 is 4.39 Å². The van der Waals surface area contributed by atoms with Gasteiger partial charge in [-0.3, -0.25) is 0 Å².